The highest BCUT2D eigenvalue weighted by Gasteiger charge is 2.22. The molecule has 0 saturated carbocycles. The largest absolute Gasteiger partial charge is 0.385 e. The summed E-state index contributed by atoms with van der Waals surface area (Å²) in [5.74, 6) is 0. The highest BCUT2D eigenvalue weighted by Crippen LogP contribution is 2.25. The maximum absolute atomic E-state index is 12.3. The summed E-state index contributed by atoms with van der Waals surface area (Å²) in [6, 6.07) is 5.34. The molecule has 0 aromatic heterocycles. The lowest BCUT2D eigenvalue weighted by molar-refractivity contribution is 0.350. The molecule has 4 nitrogen and oxygen atoms in total. The van der Waals surface area contributed by atoms with Crippen LogP contribution in [0.1, 0.15) is 39.2 Å². The predicted molar refractivity (Wildman–Crippen MR) is 82.5 cm³/mol. The molecule has 112 valence electrons. The van der Waals surface area contributed by atoms with Crippen molar-refractivity contribution in [1.29, 1.82) is 0 Å². The topological polar surface area (TPSA) is 58.2 Å². The summed E-state index contributed by atoms with van der Waals surface area (Å²) >= 11 is 0. The molecule has 1 heterocycles. The van der Waals surface area contributed by atoms with E-state index < -0.39 is 10.0 Å². The van der Waals surface area contributed by atoms with Gasteiger partial charge in [-0.25, -0.2) is 13.1 Å². The smallest absolute Gasteiger partial charge is 0.240 e. The average Bonchev–Trinajstić information content (AvgIpc) is 2.45. The van der Waals surface area contributed by atoms with E-state index in [9.17, 15) is 8.42 Å². The fourth-order valence-corrected chi connectivity index (χ4v) is 3.41. The molecule has 1 aromatic carbocycles. The van der Waals surface area contributed by atoms with Crippen molar-refractivity contribution in [2.75, 3.05) is 18.4 Å². The Bertz CT molecular complexity index is 580. The summed E-state index contributed by atoms with van der Waals surface area (Å²) in [5.41, 5.74) is 2.13. The molecule has 0 amide bonds. The number of benzene rings is 1. The van der Waals surface area contributed by atoms with E-state index in [1.54, 1.807) is 12.1 Å². The maximum Gasteiger partial charge on any atom is 0.240 e. The van der Waals surface area contributed by atoms with Crippen molar-refractivity contribution in [3.63, 3.8) is 0 Å². The van der Waals surface area contributed by atoms with Crippen molar-refractivity contribution < 1.29 is 8.42 Å². The van der Waals surface area contributed by atoms with E-state index >= 15 is 0 Å². The third-order valence-electron chi connectivity index (χ3n) is 4.02. The lowest BCUT2D eigenvalue weighted by Gasteiger charge is -2.23. The van der Waals surface area contributed by atoms with Gasteiger partial charge in [-0.15, -0.1) is 0 Å². The van der Waals surface area contributed by atoms with Gasteiger partial charge in [0.2, 0.25) is 10.0 Å². The summed E-state index contributed by atoms with van der Waals surface area (Å²) < 4.78 is 27.4. The zero-order valence-corrected chi connectivity index (χ0v) is 13.3. The minimum absolute atomic E-state index is 0.0250. The molecule has 1 aliphatic rings. The van der Waals surface area contributed by atoms with Crippen LogP contribution in [-0.4, -0.2) is 21.5 Å². The fraction of sp³-hybridized carbons (Fsp3) is 0.600. The Morgan fingerprint density at radius 1 is 1.35 bits per heavy atom. The third kappa shape index (κ3) is 3.52. The zero-order chi connectivity index (χ0) is 14.8. The van der Waals surface area contributed by atoms with Crippen LogP contribution >= 0.6 is 0 Å². The van der Waals surface area contributed by atoms with Crippen LogP contribution in [0.4, 0.5) is 5.69 Å². The number of nitrogens with one attached hydrogen (secondary N) is 2. The Hall–Kier alpha value is -1.07. The molecule has 1 aliphatic heterocycles. The van der Waals surface area contributed by atoms with Crippen LogP contribution in [0.2, 0.25) is 0 Å². The van der Waals surface area contributed by atoms with Crippen molar-refractivity contribution in [1.82, 2.24) is 4.72 Å². The molecule has 0 fully saturated rings. The number of hydrogen-bond donors (Lipinski definition) is 2. The molecule has 0 saturated heterocycles. The lowest BCUT2D eigenvalue weighted by Crippen LogP contribution is -2.33. The normalized spacial score (nSPS) is 15.6. The van der Waals surface area contributed by atoms with Crippen LogP contribution in [0.5, 0.6) is 0 Å². The molecular formula is C15H24N2O2S. The van der Waals surface area contributed by atoms with Crippen LogP contribution in [-0.2, 0) is 16.4 Å². The molecule has 5 heteroatoms. The Morgan fingerprint density at radius 2 is 2.10 bits per heavy atom. The molecule has 0 aliphatic carbocycles. The van der Waals surface area contributed by atoms with E-state index in [2.05, 4.69) is 30.8 Å². The molecule has 20 heavy (non-hydrogen) atoms. The second-order valence-corrected chi connectivity index (χ2v) is 7.96. The summed E-state index contributed by atoms with van der Waals surface area (Å²) in [4.78, 5) is 0.367. The summed E-state index contributed by atoms with van der Waals surface area (Å²) in [6.07, 6.45) is 2.92. The molecule has 0 radical (unpaired) electrons. The van der Waals surface area contributed by atoms with Gasteiger partial charge in [-0.3, -0.25) is 0 Å². The standard InChI is InChI=1S/C15H24N2O2S/c1-4-15(2,3)11-17-20(18,19)13-7-8-14-12(10-13)6-5-9-16-14/h7-8,10,16-17H,4-6,9,11H2,1-3H3. The monoisotopic (exact) mass is 296 g/mol. The molecule has 0 unspecified atom stereocenters. The lowest BCUT2D eigenvalue weighted by atomic mass is 9.91. The Balaban J connectivity index is 2.17. The second-order valence-electron chi connectivity index (χ2n) is 6.19. The van der Waals surface area contributed by atoms with Crippen molar-refractivity contribution in [2.45, 2.75) is 44.9 Å². The first-order valence-corrected chi connectivity index (χ1v) is 8.69. The van der Waals surface area contributed by atoms with Crippen LogP contribution in [0.3, 0.4) is 0 Å². The van der Waals surface area contributed by atoms with E-state index in [1.807, 2.05) is 6.07 Å². The van der Waals surface area contributed by atoms with E-state index in [1.165, 1.54) is 0 Å². The first-order valence-electron chi connectivity index (χ1n) is 7.20. The van der Waals surface area contributed by atoms with Gasteiger partial charge in [0, 0.05) is 18.8 Å². The van der Waals surface area contributed by atoms with E-state index in [0.29, 0.717) is 11.4 Å². The molecule has 2 rings (SSSR count). The molecule has 0 atom stereocenters. The first-order chi connectivity index (χ1) is 9.34. The van der Waals surface area contributed by atoms with Gasteiger partial charge in [0.05, 0.1) is 4.90 Å². The van der Waals surface area contributed by atoms with Gasteiger partial charge in [0.25, 0.3) is 0 Å². The van der Waals surface area contributed by atoms with Gasteiger partial charge in [0.15, 0.2) is 0 Å². The quantitative estimate of drug-likeness (QED) is 0.878. The van der Waals surface area contributed by atoms with E-state index in [0.717, 1.165) is 37.1 Å². The molecule has 2 N–H and O–H groups in total. The van der Waals surface area contributed by atoms with Crippen molar-refractivity contribution in [3.8, 4) is 0 Å². The molecule has 1 aromatic rings. The molecular weight excluding hydrogens is 272 g/mol. The zero-order valence-electron chi connectivity index (χ0n) is 12.5. The van der Waals surface area contributed by atoms with Crippen molar-refractivity contribution >= 4 is 15.7 Å². The first kappa shape index (κ1) is 15.3. The third-order valence-corrected chi connectivity index (χ3v) is 5.42. The number of hydrogen-bond acceptors (Lipinski definition) is 3. The van der Waals surface area contributed by atoms with Crippen LogP contribution in [0, 0.1) is 5.41 Å². The van der Waals surface area contributed by atoms with Gasteiger partial charge in [-0.1, -0.05) is 20.8 Å². The van der Waals surface area contributed by atoms with Crippen molar-refractivity contribution in [2.24, 2.45) is 5.41 Å². The number of rotatable bonds is 5. The maximum atomic E-state index is 12.3. The van der Waals surface area contributed by atoms with Crippen molar-refractivity contribution in [3.05, 3.63) is 23.8 Å². The number of aryl methyl sites for hydroxylation is 1. The van der Waals surface area contributed by atoms with Gasteiger partial charge < -0.3 is 5.32 Å². The summed E-state index contributed by atoms with van der Waals surface area (Å²) in [6.45, 7) is 7.61. The Kier molecular flexibility index (Phi) is 4.39. The van der Waals surface area contributed by atoms with E-state index in [4.69, 9.17) is 0 Å². The van der Waals surface area contributed by atoms with E-state index in [-0.39, 0.29) is 5.41 Å². The number of sulfonamides is 1. The van der Waals surface area contributed by atoms with Gasteiger partial charge in [-0.05, 0) is 48.4 Å². The summed E-state index contributed by atoms with van der Waals surface area (Å²) in [7, 11) is -3.41. The highest BCUT2D eigenvalue weighted by molar-refractivity contribution is 7.89. The van der Waals surface area contributed by atoms with Gasteiger partial charge in [0.1, 0.15) is 0 Å². The number of anilines is 1. The fourth-order valence-electron chi connectivity index (χ4n) is 2.12. The van der Waals surface area contributed by atoms with Crippen LogP contribution in [0.15, 0.2) is 23.1 Å². The molecule has 0 spiro atoms. The Morgan fingerprint density at radius 3 is 2.80 bits per heavy atom. The SMILES string of the molecule is CCC(C)(C)CNS(=O)(=O)c1ccc2c(c1)CCCN2. The highest BCUT2D eigenvalue weighted by atomic mass is 32.2. The summed E-state index contributed by atoms with van der Waals surface area (Å²) in [5, 5.41) is 3.29. The minimum Gasteiger partial charge on any atom is -0.385 e. The average molecular weight is 296 g/mol. The Labute approximate surface area is 122 Å². The second kappa shape index (κ2) is 5.74. The van der Waals surface area contributed by atoms with Crippen LogP contribution in [0.25, 0.3) is 0 Å². The molecule has 0 bridgehead atoms. The van der Waals surface area contributed by atoms with Crippen LogP contribution < -0.4 is 10.0 Å². The predicted octanol–water partition coefficient (Wildman–Crippen LogP) is 2.76. The van der Waals surface area contributed by atoms with Gasteiger partial charge in [-0.2, -0.15) is 0 Å². The number of fused-ring (bicyclic) bond motifs is 1. The van der Waals surface area contributed by atoms with Gasteiger partial charge >= 0.3 is 0 Å². The minimum atomic E-state index is -3.41.